The molecule has 27 heavy (non-hydrogen) atoms. The van der Waals surface area contributed by atoms with Crippen LogP contribution < -0.4 is 10.4 Å². The lowest BCUT2D eigenvalue weighted by atomic mass is 10.2. The first kappa shape index (κ1) is 19.8. The molecule has 1 heterocycles. The average molecular weight is 387 g/mol. The van der Waals surface area contributed by atoms with E-state index < -0.39 is 26.7 Å². The second-order valence-electron chi connectivity index (χ2n) is 7.74. The van der Waals surface area contributed by atoms with Gasteiger partial charge in [0, 0.05) is 0 Å². The fraction of sp³-hybridized carbons (Fsp3) is 0.381. The molecule has 0 spiro atoms. The molecule has 0 amide bonds. The summed E-state index contributed by atoms with van der Waals surface area (Å²) in [6.45, 7) is 7.11. The highest BCUT2D eigenvalue weighted by Gasteiger charge is 2.50. The molecule has 2 aromatic carbocycles. The third-order valence-electron chi connectivity index (χ3n) is 4.85. The van der Waals surface area contributed by atoms with E-state index in [1.807, 2.05) is 36.4 Å². The number of carbonyl (C=O) groups is 1. The Kier molecular flexibility index (Phi) is 5.81. The largest absolute Gasteiger partial charge is 0.477 e. The molecule has 1 aliphatic rings. The van der Waals surface area contributed by atoms with Crippen LogP contribution in [0.5, 0.6) is 0 Å². The fourth-order valence-corrected chi connectivity index (χ4v) is 8.24. The molecular formula is C21H26O5Si. The summed E-state index contributed by atoms with van der Waals surface area (Å²) in [6.07, 6.45) is -1.61. The molecular weight excluding hydrogens is 360 g/mol. The number of carboxylic acids is 1. The minimum absolute atomic E-state index is 0.138. The zero-order valence-corrected chi connectivity index (χ0v) is 16.9. The molecule has 144 valence electrons. The van der Waals surface area contributed by atoms with E-state index in [-0.39, 0.29) is 18.3 Å². The Balaban J connectivity index is 1.96. The van der Waals surface area contributed by atoms with Gasteiger partial charge in [-0.05, 0) is 15.4 Å². The van der Waals surface area contributed by atoms with Gasteiger partial charge < -0.3 is 19.0 Å². The molecule has 6 heteroatoms. The Morgan fingerprint density at radius 3 is 2.00 bits per heavy atom. The molecule has 2 aromatic rings. The van der Waals surface area contributed by atoms with Gasteiger partial charge in [0.05, 0.1) is 13.2 Å². The van der Waals surface area contributed by atoms with Crippen molar-refractivity contribution in [3.63, 3.8) is 0 Å². The monoisotopic (exact) mass is 386 g/mol. The standard InChI is InChI=1S/C21H26O5Si/c1-21(2,3)27(17-10-6-4-7-11-17,18-12-8-5-9-13-18)25-15-16-14-24-20(26-16)19(22)23/h4-13,16,20H,14-15H2,1-3H3,(H,22,23)/t16-,20-/m1/s1. The number of aliphatic carboxylic acids is 1. The summed E-state index contributed by atoms with van der Waals surface area (Å²) in [5.41, 5.74) is 0. The molecule has 0 radical (unpaired) electrons. The van der Waals surface area contributed by atoms with E-state index in [0.29, 0.717) is 0 Å². The molecule has 1 fully saturated rings. The van der Waals surface area contributed by atoms with Gasteiger partial charge in [-0.15, -0.1) is 0 Å². The molecule has 1 aliphatic heterocycles. The maximum atomic E-state index is 11.1. The smallest absolute Gasteiger partial charge is 0.361 e. The van der Waals surface area contributed by atoms with Crippen molar-refractivity contribution in [3.05, 3.63) is 60.7 Å². The lowest BCUT2D eigenvalue weighted by Gasteiger charge is -2.43. The Morgan fingerprint density at radius 2 is 1.59 bits per heavy atom. The number of ether oxygens (including phenoxy) is 2. The van der Waals surface area contributed by atoms with Crippen molar-refractivity contribution in [2.45, 2.75) is 38.2 Å². The van der Waals surface area contributed by atoms with E-state index in [1.165, 1.54) is 10.4 Å². The number of hydrogen-bond donors (Lipinski definition) is 1. The summed E-state index contributed by atoms with van der Waals surface area (Å²) in [5.74, 6) is -1.11. The summed E-state index contributed by atoms with van der Waals surface area (Å²) in [5, 5.41) is 11.3. The second kappa shape index (κ2) is 7.94. The molecule has 0 bridgehead atoms. The van der Waals surface area contributed by atoms with Crippen LogP contribution in [-0.4, -0.2) is 45.0 Å². The summed E-state index contributed by atoms with van der Waals surface area (Å²) < 4.78 is 17.4. The van der Waals surface area contributed by atoms with Crippen LogP contribution >= 0.6 is 0 Å². The number of carboxylic acid groups (broad SMARTS) is 1. The average Bonchev–Trinajstić information content (AvgIpc) is 3.12. The van der Waals surface area contributed by atoms with Crippen LogP contribution in [-0.2, 0) is 18.7 Å². The second-order valence-corrected chi connectivity index (χ2v) is 12.0. The van der Waals surface area contributed by atoms with Gasteiger partial charge in [0.1, 0.15) is 6.10 Å². The van der Waals surface area contributed by atoms with Gasteiger partial charge in [-0.25, -0.2) is 4.79 Å². The van der Waals surface area contributed by atoms with Crippen molar-refractivity contribution in [2.75, 3.05) is 13.2 Å². The molecule has 1 saturated heterocycles. The van der Waals surface area contributed by atoms with Gasteiger partial charge in [0.2, 0.25) is 0 Å². The summed E-state index contributed by atoms with van der Waals surface area (Å²) in [6, 6.07) is 20.6. The van der Waals surface area contributed by atoms with Gasteiger partial charge in [0.15, 0.2) is 0 Å². The van der Waals surface area contributed by atoms with E-state index in [4.69, 9.17) is 19.0 Å². The van der Waals surface area contributed by atoms with Crippen molar-refractivity contribution in [1.29, 1.82) is 0 Å². The van der Waals surface area contributed by atoms with Crippen molar-refractivity contribution < 1.29 is 23.8 Å². The van der Waals surface area contributed by atoms with Crippen LogP contribution in [0.2, 0.25) is 5.04 Å². The van der Waals surface area contributed by atoms with E-state index >= 15 is 0 Å². The van der Waals surface area contributed by atoms with Crippen LogP contribution in [0.15, 0.2) is 60.7 Å². The van der Waals surface area contributed by atoms with E-state index in [2.05, 4.69) is 45.0 Å². The maximum Gasteiger partial charge on any atom is 0.361 e. The van der Waals surface area contributed by atoms with Crippen LogP contribution in [0, 0.1) is 0 Å². The summed E-state index contributed by atoms with van der Waals surface area (Å²) in [4.78, 5) is 11.1. The first-order valence-corrected chi connectivity index (χ1v) is 11.0. The third-order valence-corrected chi connectivity index (χ3v) is 9.86. The summed E-state index contributed by atoms with van der Waals surface area (Å²) in [7, 11) is -2.65. The maximum absolute atomic E-state index is 11.1. The van der Waals surface area contributed by atoms with Crippen molar-refractivity contribution in [3.8, 4) is 0 Å². The van der Waals surface area contributed by atoms with Gasteiger partial charge >= 0.3 is 5.97 Å². The zero-order chi connectivity index (χ0) is 19.5. The minimum Gasteiger partial charge on any atom is -0.477 e. The SMILES string of the molecule is CC(C)(C)[Si](OC[C@H]1CO[C@@H](C(=O)O)O1)(c1ccccc1)c1ccccc1. The minimum atomic E-state index is -2.65. The lowest BCUT2D eigenvalue weighted by Crippen LogP contribution is -2.67. The molecule has 5 nitrogen and oxygen atoms in total. The van der Waals surface area contributed by atoms with Crippen LogP contribution in [0.3, 0.4) is 0 Å². The lowest BCUT2D eigenvalue weighted by molar-refractivity contribution is -0.167. The molecule has 0 aliphatic carbocycles. The molecule has 1 N–H and O–H groups in total. The molecule has 0 unspecified atom stereocenters. The molecule has 2 atom stereocenters. The highest BCUT2D eigenvalue weighted by molar-refractivity contribution is 6.99. The molecule has 0 aromatic heterocycles. The van der Waals surface area contributed by atoms with E-state index in [0.717, 1.165) is 0 Å². The number of benzene rings is 2. The topological polar surface area (TPSA) is 65.0 Å². The Labute approximate surface area is 161 Å². The van der Waals surface area contributed by atoms with Crippen molar-refractivity contribution in [2.24, 2.45) is 0 Å². The molecule has 3 rings (SSSR count). The van der Waals surface area contributed by atoms with Crippen molar-refractivity contribution >= 4 is 24.7 Å². The predicted octanol–water partition coefficient (Wildman–Crippen LogP) is 2.39. The van der Waals surface area contributed by atoms with Gasteiger partial charge in [-0.3, -0.25) is 0 Å². The first-order valence-electron chi connectivity index (χ1n) is 9.09. The predicted molar refractivity (Wildman–Crippen MR) is 106 cm³/mol. The van der Waals surface area contributed by atoms with Crippen LogP contribution in [0.4, 0.5) is 0 Å². The Morgan fingerprint density at radius 1 is 1.07 bits per heavy atom. The first-order chi connectivity index (χ1) is 12.8. The van der Waals surface area contributed by atoms with Crippen molar-refractivity contribution in [1.82, 2.24) is 0 Å². The van der Waals surface area contributed by atoms with E-state index in [9.17, 15) is 4.79 Å². The van der Waals surface area contributed by atoms with E-state index in [1.54, 1.807) is 0 Å². The van der Waals surface area contributed by atoms with Gasteiger partial charge in [-0.1, -0.05) is 81.4 Å². The number of rotatable bonds is 6. The van der Waals surface area contributed by atoms with Crippen LogP contribution in [0.25, 0.3) is 0 Å². The highest BCUT2D eigenvalue weighted by atomic mass is 28.4. The normalized spacial score (nSPS) is 20.6. The number of hydrogen-bond acceptors (Lipinski definition) is 4. The Hall–Kier alpha value is -1.99. The zero-order valence-electron chi connectivity index (χ0n) is 15.9. The summed E-state index contributed by atoms with van der Waals surface area (Å²) >= 11 is 0. The van der Waals surface area contributed by atoms with Gasteiger partial charge in [-0.2, -0.15) is 0 Å². The molecule has 0 saturated carbocycles. The quantitative estimate of drug-likeness (QED) is 0.773. The third kappa shape index (κ3) is 3.99. The van der Waals surface area contributed by atoms with Gasteiger partial charge in [0.25, 0.3) is 14.6 Å². The highest BCUT2D eigenvalue weighted by Crippen LogP contribution is 2.37. The van der Waals surface area contributed by atoms with Crippen LogP contribution in [0.1, 0.15) is 20.8 Å². The fourth-order valence-electron chi connectivity index (χ4n) is 3.64. The Bertz CT molecular complexity index is 718.